The standard InChI is InChI=1S/C23H37F3/c1-14-2-4-15(5-3-14)16-6-7-18-11-19(9-8-17(18)10-16)20-12-21(24)23(26)22(25)13-20/h14-23H,2-13H2,1H3. The van der Waals surface area contributed by atoms with Crippen molar-refractivity contribution in [1.82, 2.24) is 0 Å². The Hall–Kier alpha value is -0.210. The summed E-state index contributed by atoms with van der Waals surface area (Å²) in [6.07, 6.45) is 8.83. The Morgan fingerprint density at radius 3 is 1.35 bits per heavy atom. The summed E-state index contributed by atoms with van der Waals surface area (Å²) in [7, 11) is 0. The smallest absolute Gasteiger partial charge is 0.162 e. The van der Waals surface area contributed by atoms with E-state index >= 15 is 0 Å². The van der Waals surface area contributed by atoms with Crippen LogP contribution in [0.25, 0.3) is 0 Å². The third-order valence-electron chi connectivity index (χ3n) is 8.83. The third kappa shape index (κ3) is 3.97. The predicted octanol–water partition coefficient (Wildman–Crippen LogP) is 7.07. The van der Waals surface area contributed by atoms with Crippen molar-refractivity contribution >= 4 is 0 Å². The van der Waals surface area contributed by atoms with Crippen LogP contribution in [-0.2, 0) is 0 Å². The summed E-state index contributed by atoms with van der Waals surface area (Å²) < 4.78 is 41.1. The van der Waals surface area contributed by atoms with Gasteiger partial charge in [0.2, 0.25) is 0 Å². The SMILES string of the molecule is CC1CCC(C2CCC3CC(C4CC(F)C(F)C(F)C4)CCC3C2)CC1. The van der Waals surface area contributed by atoms with Crippen LogP contribution >= 0.6 is 0 Å². The van der Waals surface area contributed by atoms with E-state index in [1.54, 1.807) is 0 Å². The van der Waals surface area contributed by atoms with E-state index in [9.17, 15) is 13.2 Å². The molecular formula is C23H37F3. The van der Waals surface area contributed by atoms with Crippen molar-refractivity contribution in [3.63, 3.8) is 0 Å². The van der Waals surface area contributed by atoms with Gasteiger partial charge in [-0.15, -0.1) is 0 Å². The van der Waals surface area contributed by atoms with Crippen molar-refractivity contribution < 1.29 is 13.2 Å². The van der Waals surface area contributed by atoms with Gasteiger partial charge in [-0.05, 0) is 106 Å². The van der Waals surface area contributed by atoms with Crippen LogP contribution in [0.1, 0.15) is 84.0 Å². The number of hydrogen-bond donors (Lipinski definition) is 0. The number of halogens is 3. The second-order valence-electron chi connectivity index (χ2n) is 10.4. The zero-order valence-electron chi connectivity index (χ0n) is 16.4. The van der Waals surface area contributed by atoms with Crippen LogP contribution in [0, 0.1) is 41.4 Å². The minimum atomic E-state index is -1.88. The highest BCUT2D eigenvalue weighted by Gasteiger charge is 2.45. The van der Waals surface area contributed by atoms with Crippen molar-refractivity contribution in [2.45, 2.75) is 102 Å². The monoisotopic (exact) mass is 370 g/mol. The number of hydrogen-bond acceptors (Lipinski definition) is 0. The molecule has 6 atom stereocenters. The summed E-state index contributed by atoms with van der Waals surface area (Å²) in [5, 5.41) is 0. The first-order valence-corrected chi connectivity index (χ1v) is 11.4. The summed E-state index contributed by atoms with van der Waals surface area (Å²) in [5.41, 5.74) is 0. The Bertz CT molecular complexity index is 446. The molecule has 0 aliphatic heterocycles. The largest absolute Gasteiger partial charge is 0.244 e. The van der Waals surface area contributed by atoms with Crippen LogP contribution in [0.2, 0.25) is 0 Å². The molecule has 0 radical (unpaired) electrons. The van der Waals surface area contributed by atoms with Crippen LogP contribution in [-0.4, -0.2) is 18.5 Å². The van der Waals surface area contributed by atoms with Gasteiger partial charge in [-0.1, -0.05) is 19.8 Å². The van der Waals surface area contributed by atoms with Crippen molar-refractivity contribution in [3.8, 4) is 0 Å². The maximum absolute atomic E-state index is 13.8. The van der Waals surface area contributed by atoms with Gasteiger partial charge in [-0.2, -0.15) is 0 Å². The highest BCUT2D eigenvalue weighted by atomic mass is 19.2. The quantitative estimate of drug-likeness (QED) is 0.487. The molecule has 0 nitrogen and oxygen atoms in total. The van der Waals surface area contributed by atoms with Gasteiger partial charge in [0.05, 0.1) is 0 Å². The number of fused-ring (bicyclic) bond motifs is 1. The molecule has 0 spiro atoms. The van der Waals surface area contributed by atoms with Gasteiger partial charge < -0.3 is 0 Å². The minimum absolute atomic E-state index is 0.0745. The molecule has 150 valence electrons. The molecule has 26 heavy (non-hydrogen) atoms. The van der Waals surface area contributed by atoms with Gasteiger partial charge in [0, 0.05) is 0 Å². The molecule has 0 heterocycles. The van der Waals surface area contributed by atoms with Gasteiger partial charge in [-0.25, -0.2) is 13.2 Å². The third-order valence-corrected chi connectivity index (χ3v) is 8.83. The fourth-order valence-corrected chi connectivity index (χ4v) is 7.12. The zero-order chi connectivity index (χ0) is 18.3. The lowest BCUT2D eigenvalue weighted by Gasteiger charge is -2.47. The number of alkyl halides is 3. The van der Waals surface area contributed by atoms with E-state index in [-0.39, 0.29) is 18.8 Å². The van der Waals surface area contributed by atoms with E-state index in [4.69, 9.17) is 0 Å². The predicted molar refractivity (Wildman–Crippen MR) is 100 cm³/mol. The van der Waals surface area contributed by atoms with Crippen LogP contribution in [0.3, 0.4) is 0 Å². The van der Waals surface area contributed by atoms with E-state index in [0.29, 0.717) is 5.92 Å². The van der Waals surface area contributed by atoms with Crippen molar-refractivity contribution in [3.05, 3.63) is 0 Å². The number of rotatable bonds is 2. The Labute approximate surface area is 157 Å². The fourth-order valence-electron chi connectivity index (χ4n) is 7.12. The van der Waals surface area contributed by atoms with Crippen molar-refractivity contribution in [2.24, 2.45) is 41.4 Å². The molecule has 4 aliphatic carbocycles. The molecule has 0 aromatic heterocycles. The average molecular weight is 371 g/mol. The van der Waals surface area contributed by atoms with Crippen LogP contribution in [0.15, 0.2) is 0 Å². The molecule has 6 unspecified atom stereocenters. The molecule has 4 saturated carbocycles. The molecule has 0 amide bonds. The van der Waals surface area contributed by atoms with E-state index in [1.807, 2.05) is 0 Å². The first-order chi connectivity index (χ1) is 12.5. The molecule has 0 saturated heterocycles. The lowest BCUT2D eigenvalue weighted by molar-refractivity contribution is -0.0191. The van der Waals surface area contributed by atoms with Gasteiger partial charge in [0.1, 0.15) is 12.3 Å². The van der Waals surface area contributed by atoms with E-state index in [1.165, 1.54) is 51.4 Å². The molecule has 3 heteroatoms. The second-order valence-corrected chi connectivity index (χ2v) is 10.4. The lowest BCUT2D eigenvalue weighted by atomic mass is 9.59. The van der Waals surface area contributed by atoms with Crippen LogP contribution in [0.4, 0.5) is 13.2 Å². The molecule has 0 bridgehead atoms. The Kier molecular flexibility index (Phi) is 5.91. The topological polar surface area (TPSA) is 0 Å². The minimum Gasteiger partial charge on any atom is -0.244 e. The summed E-state index contributed by atoms with van der Waals surface area (Å²) in [5.74, 6) is 4.96. The second kappa shape index (κ2) is 8.03. The maximum Gasteiger partial charge on any atom is 0.162 e. The van der Waals surface area contributed by atoms with Crippen LogP contribution in [0.5, 0.6) is 0 Å². The molecule has 4 rings (SSSR count). The van der Waals surface area contributed by atoms with Gasteiger partial charge in [0.25, 0.3) is 0 Å². The Morgan fingerprint density at radius 1 is 0.462 bits per heavy atom. The molecule has 0 aromatic carbocycles. The molecule has 4 fully saturated rings. The lowest BCUT2D eigenvalue weighted by Crippen LogP contribution is -2.42. The summed E-state index contributed by atoms with van der Waals surface area (Å²) in [6, 6.07) is 0. The van der Waals surface area contributed by atoms with E-state index in [0.717, 1.165) is 42.4 Å². The average Bonchev–Trinajstić information content (AvgIpc) is 2.65. The fraction of sp³-hybridized carbons (Fsp3) is 1.00. The zero-order valence-corrected chi connectivity index (χ0v) is 16.4. The molecule has 0 aromatic rings. The highest BCUT2D eigenvalue weighted by molar-refractivity contribution is 4.94. The van der Waals surface area contributed by atoms with E-state index in [2.05, 4.69) is 6.92 Å². The highest BCUT2D eigenvalue weighted by Crippen LogP contribution is 2.51. The first-order valence-electron chi connectivity index (χ1n) is 11.4. The van der Waals surface area contributed by atoms with E-state index < -0.39 is 18.5 Å². The van der Waals surface area contributed by atoms with Gasteiger partial charge in [-0.3, -0.25) is 0 Å². The van der Waals surface area contributed by atoms with Crippen molar-refractivity contribution in [1.29, 1.82) is 0 Å². The van der Waals surface area contributed by atoms with Crippen molar-refractivity contribution in [2.75, 3.05) is 0 Å². The molecular weight excluding hydrogens is 333 g/mol. The van der Waals surface area contributed by atoms with Crippen LogP contribution < -0.4 is 0 Å². The van der Waals surface area contributed by atoms with Gasteiger partial charge in [0.15, 0.2) is 6.17 Å². The summed E-state index contributed by atoms with van der Waals surface area (Å²) >= 11 is 0. The summed E-state index contributed by atoms with van der Waals surface area (Å²) in [4.78, 5) is 0. The maximum atomic E-state index is 13.8. The first kappa shape index (κ1) is 19.1. The molecule has 4 aliphatic rings. The normalized spacial score (nSPS) is 53.1. The Balaban J connectivity index is 1.30. The molecule has 0 N–H and O–H groups in total. The Morgan fingerprint density at radius 2 is 0.846 bits per heavy atom. The van der Waals surface area contributed by atoms with Gasteiger partial charge >= 0.3 is 0 Å². The summed E-state index contributed by atoms with van der Waals surface area (Å²) in [6.45, 7) is 2.40.